The zero-order chi connectivity index (χ0) is 18.0. The minimum Gasteiger partial charge on any atom is -0.305 e. The number of para-hydroxylation sites is 1. The molecule has 25 heavy (non-hydrogen) atoms. The molecule has 1 aliphatic rings. The highest BCUT2D eigenvalue weighted by molar-refractivity contribution is 7.88. The van der Waals surface area contributed by atoms with E-state index in [1.165, 1.54) is 21.9 Å². The molecule has 0 radical (unpaired) electrons. The van der Waals surface area contributed by atoms with Gasteiger partial charge in [-0.3, -0.25) is 4.79 Å². The first-order valence-electron chi connectivity index (χ1n) is 7.95. The molecule has 0 aliphatic carbocycles. The van der Waals surface area contributed by atoms with Crippen LogP contribution in [0.15, 0.2) is 29.3 Å². The molecule has 1 aromatic heterocycles. The van der Waals surface area contributed by atoms with E-state index in [9.17, 15) is 13.2 Å². The Kier molecular flexibility index (Phi) is 5.08. The average Bonchev–Trinajstić information content (AvgIpc) is 2.92. The number of hydrogen-bond acceptors (Lipinski definition) is 4. The molecule has 1 atom stereocenters. The summed E-state index contributed by atoms with van der Waals surface area (Å²) in [5.74, 6) is 1.90. The Bertz CT molecular complexity index is 1010. The fourth-order valence-electron chi connectivity index (χ4n) is 2.98. The normalized spacial score (nSPS) is 19.8. The predicted octanol–water partition coefficient (Wildman–Crippen LogP) is 1.43. The number of benzene rings is 1. The zero-order valence-electron chi connectivity index (χ0n) is 13.9. The summed E-state index contributed by atoms with van der Waals surface area (Å²) < 4.78 is 27.7. The molecule has 1 fully saturated rings. The minimum absolute atomic E-state index is 0.196. The van der Waals surface area contributed by atoms with Crippen molar-refractivity contribution in [3.8, 4) is 12.3 Å². The Labute approximate surface area is 150 Å². The van der Waals surface area contributed by atoms with Crippen LogP contribution >= 0.6 is 11.3 Å². The number of piperidine rings is 1. The SMILES string of the molecule is C#CCn1c(=NC(=O)C2CCCN(S(C)(=O)=O)C2)sc2ccccc21. The van der Waals surface area contributed by atoms with Crippen molar-refractivity contribution in [3.05, 3.63) is 29.1 Å². The molecule has 1 unspecified atom stereocenters. The number of rotatable bonds is 3. The molecule has 1 aromatic carbocycles. The van der Waals surface area contributed by atoms with E-state index < -0.39 is 15.9 Å². The summed E-state index contributed by atoms with van der Waals surface area (Å²) in [6.45, 7) is 0.986. The van der Waals surface area contributed by atoms with Gasteiger partial charge in [0.2, 0.25) is 10.0 Å². The van der Waals surface area contributed by atoms with Crippen molar-refractivity contribution < 1.29 is 13.2 Å². The third-order valence-electron chi connectivity index (χ3n) is 4.25. The molecule has 1 amide bonds. The van der Waals surface area contributed by atoms with Crippen LogP contribution in [-0.2, 0) is 21.4 Å². The van der Waals surface area contributed by atoms with Crippen LogP contribution in [-0.4, -0.2) is 42.5 Å². The van der Waals surface area contributed by atoms with Crippen LogP contribution in [0, 0.1) is 18.3 Å². The van der Waals surface area contributed by atoms with Gasteiger partial charge in [0.05, 0.1) is 28.9 Å². The number of carbonyl (C=O) groups excluding carboxylic acids is 1. The number of terminal acetylenes is 1. The van der Waals surface area contributed by atoms with Crippen molar-refractivity contribution in [1.82, 2.24) is 8.87 Å². The lowest BCUT2D eigenvalue weighted by atomic mass is 9.99. The molecule has 2 aromatic rings. The summed E-state index contributed by atoms with van der Waals surface area (Å²) in [5.41, 5.74) is 0.943. The van der Waals surface area contributed by atoms with Gasteiger partial charge in [-0.25, -0.2) is 12.7 Å². The largest absolute Gasteiger partial charge is 0.305 e. The smallest absolute Gasteiger partial charge is 0.252 e. The van der Waals surface area contributed by atoms with E-state index >= 15 is 0 Å². The van der Waals surface area contributed by atoms with Crippen LogP contribution in [0.25, 0.3) is 10.2 Å². The number of nitrogens with zero attached hydrogens (tertiary/aromatic N) is 3. The molecule has 0 bridgehead atoms. The molecule has 132 valence electrons. The van der Waals surface area contributed by atoms with Gasteiger partial charge in [0.1, 0.15) is 0 Å². The summed E-state index contributed by atoms with van der Waals surface area (Å²) in [4.78, 5) is 17.5. The molecule has 0 spiro atoms. The Balaban J connectivity index is 1.95. The standard InChI is InChI=1S/C17H19N3O3S2/c1-3-10-20-14-8-4-5-9-15(14)24-17(20)18-16(21)13-7-6-11-19(12-13)25(2,22)23/h1,4-5,8-9,13H,6-7,10-12H2,2H3. The van der Waals surface area contributed by atoms with Crippen LogP contribution in [0.4, 0.5) is 0 Å². The van der Waals surface area contributed by atoms with Gasteiger partial charge in [-0.05, 0) is 25.0 Å². The minimum atomic E-state index is -3.29. The number of thiazole rings is 1. The molecule has 1 aliphatic heterocycles. The quantitative estimate of drug-likeness (QED) is 0.760. The number of carbonyl (C=O) groups is 1. The van der Waals surface area contributed by atoms with Crippen LogP contribution in [0.2, 0.25) is 0 Å². The topological polar surface area (TPSA) is 71.7 Å². The van der Waals surface area contributed by atoms with Gasteiger partial charge in [-0.1, -0.05) is 29.4 Å². The zero-order valence-corrected chi connectivity index (χ0v) is 15.5. The third-order valence-corrected chi connectivity index (χ3v) is 6.57. The van der Waals surface area contributed by atoms with E-state index in [4.69, 9.17) is 6.42 Å². The number of sulfonamides is 1. The molecule has 0 N–H and O–H groups in total. The molecular formula is C17H19N3O3S2. The van der Waals surface area contributed by atoms with Crippen LogP contribution in [0.1, 0.15) is 12.8 Å². The Morgan fingerprint density at radius 2 is 2.20 bits per heavy atom. The number of hydrogen-bond donors (Lipinski definition) is 0. The lowest BCUT2D eigenvalue weighted by molar-refractivity contribution is -0.122. The Morgan fingerprint density at radius 1 is 1.44 bits per heavy atom. The predicted molar refractivity (Wildman–Crippen MR) is 98.4 cm³/mol. The molecule has 1 saturated heterocycles. The Morgan fingerprint density at radius 3 is 2.92 bits per heavy atom. The first-order valence-corrected chi connectivity index (χ1v) is 10.6. The van der Waals surface area contributed by atoms with Crippen molar-refractivity contribution in [1.29, 1.82) is 0 Å². The fourth-order valence-corrected chi connectivity index (χ4v) is 4.93. The third kappa shape index (κ3) is 3.84. The highest BCUT2D eigenvalue weighted by atomic mass is 32.2. The molecule has 2 heterocycles. The molecule has 3 rings (SSSR count). The van der Waals surface area contributed by atoms with E-state index in [1.54, 1.807) is 0 Å². The maximum absolute atomic E-state index is 12.6. The second-order valence-corrected chi connectivity index (χ2v) is 9.04. The lowest BCUT2D eigenvalue weighted by Gasteiger charge is -2.28. The van der Waals surface area contributed by atoms with E-state index in [2.05, 4.69) is 10.9 Å². The number of aromatic nitrogens is 1. The van der Waals surface area contributed by atoms with Crippen molar-refractivity contribution in [2.75, 3.05) is 19.3 Å². The maximum atomic E-state index is 12.6. The van der Waals surface area contributed by atoms with E-state index in [0.717, 1.165) is 10.2 Å². The Hall–Kier alpha value is -1.95. The number of amides is 1. The van der Waals surface area contributed by atoms with E-state index in [1.807, 2.05) is 28.8 Å². The maximum Gasteiger partial charge on any atom is 0.252 e. The van der Waals surface area contributed by atoms with Crippen molar-refractivity contribution in [2.45, 2.75) is 19.4 Å². The highest BCUT2D eigenvalue weighted by Gasteiger charge is 2.30. The molecule has 8 heteroatoms. The first-order chi connectivity index (χ1) is 11.9. The van der Waals surface area contributed by atoms with E-state index in [0.29, 0.717) is 30.7 Å². The van der Waals surface area contributed by atoms with Gasteiger partial charge in [0, 0.05) is 13.1 Å². The van der Waals surface area contributed by atoms with Gasteiger partial charge >= 0.3 is 0 Å². The number of fused-ring (bicyclic) bond motifs is 1. The van der Waals surface area contributed by atoms with Gasteiger partial charge < -0.3 is 4.57 Å². The molecule has 0 saturated carbocycles. The van der Waals surface area contributed by atoms with E-state index in [-0.39, 0.29) is 12.5 Å². The van der Waals surface area contributed by atoms with Crippen LogP contribution in [0.5, 0.6) is 0 Å². The first kappa shape index (κ1) is 17.9. The summed E-state index contributed by atoms with van der Waals surface area (Å²) in [6, 6.07) is 7.75. The summed E-state index contributed by atoms with van der Waals surface area (Å²) >= 11 is 1.41. The van der Waals surface area contributed by atoms with Crippen molar-refractivity contribution >= 4 is 37.5 Å². The lowest BCUT2D eigenvalue weighted by Crippen LogP contribution is -2.41. The van der Waals surface area contributed by atoms with Crippen molar-refractivity contribution in [2.24, 2.45) is 10.9 Å². The molecule has 6 nitrogen and oxygen atoms in total. The monoisotopic (exact) mass is 377 g/mol. The van der Waals surface area contributed by atoms with Gasteiger partial charge in [-0.15, -0.1) is 6.42 Å². The van der Waals surface area contributed by atoms with Crippen LogP contribution in [0.3, 0.4) is 0 Å². The molecular weight excluding hydrogens is 358 g/mol. The summed E-state index contributed by atoms with van der Waals surface area (Å²) in [7, 11) is -3.29. The second-order valence-electron chi connectivity index (χ2n) is 6.05. The fraction of sp³-hybridized carbons (Fsp3) is 0.412. The van der Waals surface area contributed by atoms with Gasteiger partial charge in [0.25, 0.3) is 5.91 Å². The van der Waals surface area contributed by atoms with Crippen LogP contribution < -0.4 is 4.80 Å². The second kappa shape index (κ2) is 7.12. The van der Waals surface area contributed by atoms with Gasteiger partial charge in [0.15, 0.2) is 4.80 Å². The summed E-state index contributed by atoms with van der Waals surface area (Å²) in [6.07, 6.45) is 7.93. The highest BCUT2D eigenvalue weighted by Crippen LogP contribution is 2.21. The van der Waals surface area contributed by atoms with Crippen molar-refractivity contribution in [3.63, 3.8) is 0 Å². The average molecular weight is 377 g/mol. The van der Waals surface area contributed by atoms with Gasteiger partial charge in [-0.2, -0.15) is 4.99 Å². The summed E-state index contributed by atoms with van der Waals surface area (Å²) in [5, 5.41) is 0.